The van der Waals surface area contributed by atoms with Crippen molar-refractivity contribution in [1.29, 1.82) is 0 Å². The van der Waals surface area contributed by atoms with E-state index >= 15 is 0 Å². The molecule has 0 radical (unpaired) electrons. The van der Waals surface area contributed by atoms with E-state index in [0.29, 0.717) is 6.04 Å². The second kappa shape index (κ2) is 6.51. The highest BCUT2D eigenvalue weighted by atomic mass is 79.9. The number of hydrogen-bond donors (Lipinski definition) is 1. The van der Waals surface area contributed by atoms with Crippen molar-refractivity contribution in [3.05, 3.63) is 28.2 Å². The molecule has 4 heteroatoms. The molecule has 1 aromatic carbocycles. The van der Waals surface area contributed by atoms with Crippen LogP contribution in [0.3, 0.4) is 0 Å². The van der Waals surface area contributed by atoms with Gasteiger partial charge in [0.1, 0.15) is 5.75 Å². The normalized spacial score (nSPS) is 12.5. The Balaban J connectivity index is 2.66. The molecule has 0 aromatic heterocycles. The number of hydrogen-bond acceptors (Lipinski definition) is 2. The van der Waals surface area contributed by atoms with Gasteiger partial charge in [0.15, 0.2) is 0 Å². The molecule has 84 valence electrons. The summed E-state index contributed by atoms with van der Waals surface area (Å²) >= 11 is 6.96. The molecule has 1 rings (SSSR count). The second-order valence-corrected chi connectivity index (χ2v) is 4.90. The Morgan fingerprint density at radius 1 is 1.47 bits per heavy atom. The summed E-state index contributed by atoms with van der Waals surface area (Å²) in [5.74, 6) is 0.890. The Hall–Kier alpha value is -0.0600. The number of methoxy groups -OCH3 is 1. The van der Waals surface area contributed by atoms with E-state index in [1.807, 2.05) is 18.2 Å². The van der Waals surface area contributed by atoms with Gasteiger partial charge in [-0.05, 0) is 30.7 Å². The number of rotatable bonds is 5. The summed E-state index contributed by atoms with van der Waals surface area (Å²) in [7, 11) is 1.68. The maximum Gasteiger partial charge on any atom is 0.119 e. The van der Waals surface area contributed by atoms with Gasteiger partial charge in [-0.2, -0.15) is 0 Å². The molecule has 0 fully saturated rings. The van der Waals surface area contributed by atoms with Gasteiger partial charge in [-0.15, -0.1) is 0 Å². The smallest absolute Gasteiger partial charge is 0.119 e. The monoisotopic (exact) mass is 335 g/mol. The molecule has 15 heavy (non-hydrogen) atoms. The van der Waals surface area contributed by atoms with Crippen molar-refractivity contribution in [3.8, 4) is 5.75 Å². The van der Waals surface area contributed by atoms with Crippen molar-refractivity contribution in [2.45, 2.75) is 19.5 Å². The third-order valence-corrected chi connectivity index (χ3v) is 3.87. The van der Waals surface area contributed by atoms with Crippen LogP contribution in [-0.2, 0) is 6.54 Å². The molecule has 0 aliphatic carbocycles. The number of alkyl halides is 1. The third kappa shape index (κ3) is 4.13. The lowest BCUT2D eigenvalue weighted by Gasteiger charge is -2.12. The van der Waals surface area contributed by atoms with E-state index < -0.39 is 0 Å². The van der Waals surface area contributed by atoms with Gasteiger partial charge in [0.2, 0.25) is 0 Å². The van der Waals surface area contributed by atoms with Crippen LogP contribution in [0.2, 0.25) is 0 Å². The lowest BCUT2D eigenvalue weighted by molar-refractivity contribution is 0.414. The molecular weight excluding hydrogens is 322 g/mol. The predicted molar refractivity (Wildman–Crippen MR) is 70.8 cm³/mol. The number of nitrogens with one attached hydrogen (secondary N) is 1. The zero-order chi connectivity index (χ0) is 11.3. The van der Waals surface area contributed by atoms with Crippen molar-refractivity contribution < 1.29 is 4.74 Å². The fourth-order valence-corrected chi connectivity index (χ4v) is 1.77. The van der Waals surface area contributed by atoms with E-state index in [1.165, 1.54) is 5.56 Å². The first-order valence-electron chi connectivity index (χ1n) is 4.79. The van der Waals surface area contributed by atoms with E-state index in [9.17, 15) is 0 Å². The average Bonchev–Trinajstić information content (AvgIpc) is 2.27. The Labute approximate surface area is 108 Å². The summed E-state index contributed by atoms with van der Waals surface area (Å²) in [4.78, 5) is 0. The first-order valence-corrected chi connectivity index (χ1v) is 6.70. The molecule has 1 N–H and O–H groups in total. The van der Waals surface area contributed by atoms with Gasteiger partial charge in [-0.25, -0.2) is 0 Å². The molecule has 2 nitrogen and oxygen atoms in total. The third-order valence-electron chi connectivity index (χ3n) is 2.13. The van der Waals surface area contributed by atoms with Crippen molar-refractivity contribution >= 4 is 31.9 Å². The second-order valence-electron chi connectivity index (χ2n) is 3.39. The van der Waals surface area contributed by atoms with Crippen LogP contribution < -0.4 is 10.1 Å². The first kappa shape index (κ1) is 13.0. The minimum absolute atomic E-state index is 0.461. The van der Waals surface area contributed by atoms with Crippen LogP contribution in [0, 0.1) is 0 Å². The van der Waals surface area contributed by atoms with Crippen LogP contribution in [0.4, 0.5) is 0 Å². The standard InChI is InChI=1S/C11H15Br2NO/c1-8(6-12)14-7-9-5-10(15-2)3-4-11(9)13/h3-5,8,14H,6-7H2,1-2H3. The van der Waals surface area contributed by atoms with Gasteiger partial charge in [-0.3, -0.25) is 0 Å². The predicted octanol–water partition coefficient (Wildman–Crippen LogP) is 3.33. The zero-order valence-corrected chi connectivity index (χ0v) is 12.1. The van der Waals surface area contributed by atoms with Crippen molar-refractivity contribution in [2.24, 2.45) is 0 Å². The molecule has 0 aliphatic heterocycles. The molecule has 0 amide bonds. The Kier molecular flexibility index (Phi) is 5.64. The minimum atomic E-state index is 0.461. The molecule has 1 unspecified atom stereocenters. The van der Waals surface area contributed by atoms with Crippen LogP contribution in [0.1, 0.15) is 12.5 Å². The summed E-state index contributed by atoms with van der Waals surface area (Å²) in [5, 5.41) is 4.36. The van der Waals surface area contributed by atoms with Crippen LogP contribution in [0.15, 0.2) is 22.7 Å². The molecule has 0 aliphatic rings. The van der Waals surface area contributed by atoms with Crippen molar-refractivity contribution in [1.82, 2.24) is 5.32 Å². The average molecular weight is 337 g/mol. The number of benzene rings is 1. The van der Waals surface area contributed by atoms with Gasteiger partial charge in [0, 0.05) is 22.4 Å². The molecular formula is C11H15Br2NO. The summed E-state index contributed by atoms with van der Waals surface area (Å²) in [6.07, 6.45) is 0. The maximum absolute atomic E-state index is 5.19. The lowest BCUT2D eigenvalue weighted by atomic mass is 10.2. The highest BCUT2D eigenvalue weighted by Crippen LogP contribution is 2.22. The Bertz CT molecular complexity index is 317. The van der Waals surface area contributed by atoms with E-state index in [0.717, 1.165) is 22.1 Å². The maximum atomic E-state index is 5.19. The number of ether oxygens (including phenoxy) is 1. The number of halogens is 2. The zero-order valence-electron chi connectivity index (χ0n) is 8.89. The van der Waals surface area contributed by atoms with Crippen LogP contribution in [0.5, 0.6) is 5.75 Å². The summed E-state index contributed by atoms with van der Waals surface area (Å²) in [6.45, 7) is 2.98. The van der Waals surface area contributed by atoms with E-state index in [1.54, 1.807) is 7.11 Å². The van der Waals surface area contributed by atoms with E-state index in [-0.39, 0.29) is 0 Å². The molecule has 1 aromatic rings. The largest absolute Gasteiger partial charge is 0.497 e. The minimum Gasteiger partial charge on any atom is -0.497 e. The lowest BCUT2D eigenvalue weighted by Crippen LogP contribution is -2.26. The van der Waals surface area contributed by atoms with Gasteiger partial charge < -0.3 is 10.1 Å². The SMILES string of the molecule is COc1ccc(Br)c(CNC(C)CBr)c1. The molecule has 0 spiro atoms. The molecule has 0 saturated carbocycles. The first-order chi connectivity index (χ1) is 7.17. The summed E-state index contributed by atoms with van der Waals surface area (Å²) in [6, 6.07) is 6.46. The van der Waals surface area contributed by atoms with Gasteiger partial charge in [-0.1, -0.05) is 31.9 Å². The topological polar surface area (TPSA) is 21.3 Å². The fraction of sp³-hybridized carbons (Fsp3) is 0.455. The Morgan fingerprint density at radius 2 is 2.20 bits per heavy atom. The molecule has 0 saturated heterocycles. The summed E-state index contributed by atoms with van der Waals surface area (Å²) < 4.78 is 6.29. The van der Waals surface area contributed by atoms with Gasteiger partial charge in [0.05, 0.1) is 7.11 Å². The molecule has 1 atom stereocenters. The highest BCUT2D eigenvalue weighted by Gasteiger charge is 2.04. The van der Waals surface area contributed by atoms with Crippen LogP contribution in [0.25, 0.3) is 0 Å². The van der Waals surface area contributed by atoms with Crippen LogP contribution in [-0.4, -0.2) is 18.5 Å². The van der Waals surface area contributed by atoms with Gasteiger partial charge in [0.25, 0.3) is 0 Å². The van der Waals surface area contributed by atoms with Crippen LogP contribution >= 0.6 is 31.9 Å². The van der Waals surface area contributed by atoms with E-state index in [4.69, 9.17) is 4.74 Å². The fourth-order valence-electron chi connectivity index (χ4n) is 1.15. The van der Waals surface area contributed by atoms with Crippen molar-refractivity contribution in [3.63, 3.8) is 0 Å². The quantitative estimate of drug-likeness (QED) is 0.833. The molecule has 0 bridgehead atoms. The molecule has 0 heterocycles. The highest BCUT2D eigenvalue weighted by molar-refractivity contribution is 9.10. The summed E-state index contributed by atoms with van der Waals surface area (Å²) in [5.41, 5.74) is 1.21. The van der Waals surface area contributed by atoms with Gasteiger partial charge >= 0.3 is 0 Å². The Morgan fingerprint density at radius 3 is 2.80 bits per heavy atom. The van der Waals surface area contributed by atoms with Crippen molar-refractivity contribution in [2.75, 3.05) is 12.4 Å². The van der Waals surface area contributed by atoms with E-state index in [2.05, 4.69) is 44.1 Å².